The van der Waals surface area contributed by atoms with E-state index in [1.807, 2.05) is 0 Å². The first-order chi connectivity index (χ1) is 13.2. The Labute approximate surface area is 180 Å². The molecule has 0 unspecified atom stereocenters. The summed E-state index contributed by atoms with van der Waals surface area (Å²) in [4.78, 5) is 0. The van der Waals surface area contributed by atoms with Gasteiger partial charge >= 0.3 is 8.83 Å². The second-order valence-corrected chi connectivity index (χ2v) is 12.3. The molecule has 0 amide bonds. The van der Waals surface area contributed by atoms with Crippen LogP contribution in [0.5, 0.6) is 0 Å². The summed E-state index contributed by atoms with van der Waals surface area (Å²) in [6, 6.07) is 13.1. The molecule has 0 bridgehead atoms. The van der Waals surface area contributed by atoms with Crippen molar-refractivity contribution in [1.82, 2.24) is 0 Å². The van der Waals surface area contributed by atoms with Gasteiger partial charge in [-0.1, -0.05) is 39.0 Å². The quantitative estimate of drug-likeness (QED) is 0.421. The van der Waals surface area contributed by atoms with Crippen molar-refractivity contribution >= 4 is 53.0 Å². The fourth-order valence-corrected chi connectivity index (χ4v) is 7.92. The van der Waals surface area contributed by atoms with Crippen molar-refractivity contribution < 1.29 is 7.96 Å². The van der Waals surface area contributed by atoms with Crippen LogP contribution in [0, 0.1) is 20.8 Å². The minimum Gasteiger partial charge on any atom is -0.0658 e. The van der Waals surface area contributed by atoms with Gasteiger partial charge in [0, 0.05) is 37.1 Å². The molecule has 150 valence electrons. The van der Waals surface area contributed by atoms with Gasteiger partial charge in [0.15, 0.2) is 0 Å². The topological polar surface area (TPSA) is 6.02 Å². The molecular formula is C23H30Cl2N2S+2. The average molecular weight is 437 g/mol. The summed E-state index contributed by atoms with van der Waals surface area (Å²) in [6.07, 6.45) is 3.52. The van der Waals surface area contributed by atoms with Crippen LogP contribution in [0.25, 0.3) is 0 Å². The zero-order valence-corrected chi connectivity index (χ0v) is 20.0. The Morgan fingerprint density at radius 2 is 1.32 bits per heavy atom. The van der Waals surface area contributed by atoms with E-state index in [0.29, 0.717) is 0 Å². The Balaban J connectivity index is 2.08. The lowest BCUT2D eigenvalue weighted by Crippen LogP contribution is -2.13. The largest absolute Gasteiger partial charge is 0.357 e. The van der Waals surface area contributed by atoms with Crippen LogP contribution in [0.4, 0.5) is 11.4 Å². The van der Waals surface area contributed by atoms with Gasteiger partial charge in [-0.25, -0.2) is 0 Å². The molecule has 0 fully saturated rings. The molecule has 1 heterocycles. The van der Waals surface area contributed by atoms with E-state index in [1.54, 1.807) is 0 Å². The van der Waals surface area contributed by atoms with Crippen LogP contribution in [-0.4, -0.2) is 19.4 Å². The Morgan fingerprint density at radius 3 is 1.82 bits per heavy atom. The smallest absolute Gasteiger partial charge is 0.0658 e. The van der Waals surface area contributed by atoms with Crippen LogP contribution in [0.15, 0.2) is 36.4 Å². The Bertz CT molecular complexity index is 990. The molecule has 0 aliphatic carbocycles. The van der Waals surface area contributed by atoms with E-state index in [-0.39, 0.29) is 0 Å². The summed E-state index contributed by atoms with van der Waals surface area (Å²) in [6.45, 7) is 12.8. The number of rotatable bonds is 5. The summed E-state index contributed by atoms with van der Waals surface area (Å²) in [5, 5.41) is 0. The van der Waals surface area contributed by atoms with Gasteiger partial charge in [0.2, 0.25) is 11.4 Å². The van der Waals surface area contributed by atoms with E-state index in [9.17, 15) is 0 Å². The molecule has 3 rings (SSSR count). The van der Waals surface area contributed by atoms with Crippen LogP contribution in [0.2, 0.25) is 0 Å². The van der Waals surface area contributed by atoms with E-state index in [2.05, 4.69) is 85.9 Å². The fraction of sp³-hybridized carbons (Fsp3) is 0.391. The molecule has 0 saturated carbocycles. The third-order valence-corrected chi connectivity index (χ3v) is 8.92. The number of benzene rings is 2. The maximum Gasteiger partial charge on any atom is 0.357 e. The average Bonchev–Trinajstić information content (AvgIpc) is 2.79. The van der Waals surface area contributed by atoms with Gasteiger partial charge in [0.1, 0.15) is 0 Å². The molecule has 28 heavy (non-hydrogen) atoms. The first kappa shape index (κ1) is 21.4. The van der Waals surface area contributed by atoms with Gasteiger partial charge in [-0.3, -0.25) is 0 Å². The van der Waals surface area contributed by atoms with Crippen molar-refractivity contribution in [3.05, 3.63) is 58.7 Å². The molecular weight excluding hydrogens is 407 g/mol. The molecule has 0 aromatic heterocycles. The molecule has 0 atom stereocenters. The third kappa shape index (κ3) is 3.77. The van der Waals surface area contributed by atoms with Crippen molar-refractivity contribution in [2.45, 2.75) is 60.8 Å². The summed E-state index contributed by atoms with van der Waals surface area (Å²) < 4.78 is 4.24. The lowest BCUT2D eigenvalue weighted by molar-refractivity contribution is -0.335. The number of hydrogen-bond acceptors (Lipinski definition) is 0. The minimum atomic E-state index is -2.28. The molecule has 1 aliphatic heterocycles. The first-order valence-electron chi connectivity index (χ1n) is 9.85. The van der Waals surface area contributed by atoms with Gasteiger partial charge in [-0.15, -0.1) is 0 Å². The summed E-state index contributed by atoms with van der Waals surface area (Å²) in [7, 11) is 12.0. The standard InChI is InChI=1S/C23H30Cl2N2S/c1-7-8-9-21-11-13-23(18(4)15-21)27-20(6)19(5)26(28(27,24)25)22-12-10-16(2)14-17(22)3/h10-15H,7-9H2,1-6H3/q+2. The molecule has 2 aromatic carbocycles. The maximum atomic E-state index is 7.12. The maximum absolute atomic E-state index is 7.12. The van der Waals surface area contributed by atoms with Crippen LogP contribution < -0.4 is 0 Å². The van der Waals surface area contributed by atoms with Gasteiger partial charge in [-0.2, -0.15) is 0 Å². The first-order valence-corrected chi connectivity index (χ1v) is 13.1. The summed E-state index contributed by atoms with van der Waals surface area (Å²) >= 11 is 0. The lowest BCUT2D eigenvalue weighted by Gasteiger charge is -2.16. The van der Waals surface area contributed by atoms with Gasteiger partial charge in [0.05, 0.1) is 21.4 Å². The van der Waals surface area contributed by atoms with Crippen molar-refractivity contribution in [1.29, 1.82) is 0 Å². The second-order valence-electron chi connectivity index (χ2n) is 7.69. The third-order valence-electron chi connectivity index (χ3n) is 5.44. The van der Waals surface area contributed by atoms with Crippen LogP contribution in [0.1, 0.15) is 55.9 Å². The number of unbranched alkanes of at least 4 members (excludes halogenated alkanes) is 1. The van der Waals surface area contributed by atoms with Crippen LogP contribution in [0.3, 0.4) is 0 Å². The van der Waals surface area contributed by atoms with Crippen molar-refractivity contribution in [2.24, 2.45) is 0 Å². The SMILES string of the molecule is CCCCc1ccc([N+]2=C(C)C(C)=[N+](c3ccc(C)cc3C)S2(Cl)Cl)c(C)c1. The molecule has 0 radical (unpaired) electrons. The van der Waals surface area contributed by atoms with Crippen molar-refractivity contribution in [2.75, 3.05) is 0 Å². The van der Waals surface area contributed by atoms with Crippen LogP contribution >= 0.6 is 30.2 Å². The van der Waals surface area contributed by atoms with Gasteiger partial charge in [-0.05, 0) is 51.3 Å². The van der Waals surface area contributed by atoms with E-state index in [4.69, 9.17) is 21.4 Å². The van der Waals surface area contributed by atoms with E-state index in [1.165, 1.54) is 35.1 Å². The molecule has 0 N–H and O–H groups in total. The predicted molar refractivity (Wildman–Crippen MR) is 126 cm³/mol. The number of nitrogens with zero attached hydrogens (tertiary/aromatic N) is 2. The lowest BCUT2D eigenvalue weighted by atomic mass is 10.0. The molecule has 5 heteroatoms. The molecule has 1 aliphatic rings. The van der Waals surface area contributed by atoms with Crippen LogP contribution in [-0.2, 0) is 6.42 Å². The molecule has 0 spiro atoms. The molecule has 0 saturated heterocycles. The van der Waals surface area contributed by atoms with E-state index in [0.717, 1.165) is 29.2 Å². The van der Waals surface area contributed by atoms with Gasteiger partial charge in [0.25, 0.3) is 11.4 Å². The van der Waals surface area contributed by atoms with Crippen molar-refractivity contribution in [3.8, 4) is 0 Å². The number of hydrogen-bond donors (Lipinski definition) is 0. The zero-order valence-electron chi connectivity index (χ0n) is 17.6. The minimum absolute atomic E-state index is 1.07. The Hall–Kier alpha value is -1.29. The molecule has 2 aromatic rings. The molecule has 2 nitrogen and oxygen atoms in total. The highest BCUT2D eigenvalue weighted by Gasteiger charge is 2.56. The zero-order chi connectivity index (χ0) is 20.6. The Morgan fingerprint density at radius 1 is 0.786 bits per heavy atom. The normalized spacial score (nSPS) is 17.4. The Kier molecular flexibility index (Phi) is 6.29. The predicted octanol–water partition coefficient (Wildman–Crippen LogP) is 7.82. The summed E-state index contributed by atoms with van der Waals surface area (Å²) in [5.41, 5.74) is 9.35. The highest BCUT2D eigenvalue weighted by atomic mass is 36.0. The fourth-order valence-electron chi connectivity index (χ4n) is 3.82. The highest BCUT2D eigenvalue weighted by molar-refractivity contribution is 8.58. The van der Waals surface area contributed by atoms with Crippen molar-refractivity contribution in [3.63, 3.8) is 0 Å². The number of aryl methyl sites for hydroxylation is 4. The van der Waals surface area contributed by atoms with E-state index >= 15 is 0 Å². The number of halogens is 2. The summed E-state index contributed by atoms with van der Waals surface area (Å²) in [5.74, 6) is 0. The monoisotopic (exact) mass is 436 g/mol. The second kappa shape index (κ2) is 8.22. The van der Waals surface area contributed by atoms with E-state index < -0.39 is 8.83 Å². The highest BCUT2D eigenvalue weighted by Crippen LogP contribution is 2.67. The van der Waals surface area contributed by atoms with Gasteiger partial charge < -0.3 is 0 Å².